The van der Waals surface area contributed by atoms with Crippen molar-refractivity contribution >= 4 is 29.9 Å². The molecule has 2 aromatic rings. The van der Waals surface area contributed by atoms with Crippen LogP contribution in [0.25, 0.3) is 0 Å². The summed E-state index contributed by atoms with van der Waals surface area (Å²) in [7, 11) is 0. The fourth-order valence-electron chi connectivity index (χ4n) is 2.82. The molecular formula is C17H22ClN5O2. The van der Waals surface area contributed by atoms with Crippen molar-refractivity contribution in [2.45, 2.75) is 25.8 Å². The van der Waals surface area contributed by atoms with Gasteiger partial charge in [-0.2, -0.15) is 5.10 Å². The van der Waals surface area contributed by atoms with E-state index in [9.17, 15) is 9.59 Å². The van der Waals surface area contributed by atoms with E-state index in [1.165, 1.54) is 0 Å². The van der Waals surface area contributed by atoms with E-state index >= 15 is 0 Å². The first-order chi connectivity index (χ1) is 11.5. The van der Waals surface area contributed by atoms with Crippen LogP contribution in [0.5, 0.6) is 0 Å². The number of nitrogens with one attached hydrogen (secondary N) is 2. The van der Waals surface area contributed by atoms with Crippen LogP contribution in [-0.2, 0) is 0 Å². The average molecular weight is 364 g/mol. The maximum Gasteiger partial charge on any atom is 0.276 e. The first-order valence-corrected chi connectivity index (χ1v) is 8.02. The van der Waals surface area contributed by atoms with Gasteiger partial charge in [-0.3, -0.25) is 14.3 Å². The molecule has 0 bridgehead atoms. The summed E-state index contributed by atoms with van der Waals surface area (Å²) in [5, 5.41) is 10.5. The van der Waals surface area contributed by atoms with Crippen LogP contribution in [0.15, 0.2) is 30.5 Å². The second-order valence-corrected chi connectivity index (χ2v) is 6.03. The number of primary amides is 1. The van der Waals surface area contributed by atoms with Gasteiger partial charge in [-0.15, -0.1) is 12.4 Å². The summed E-state index contributed by atoms with van der Waals surface area (Å²) < 4.78 is 1.84. The molecule has 0 saturated carbocycles. The normalized spacial score (nSPS) is 16.8. The van der Waals surface area contributed by atoms with E-state index in [4.69, 9.17) is 5.73 Å². The summed E-state index contributed by atoms with van der Waals surface area (Å²) in [6.45, 7) is 3.75. The molecule has 4 N–H and O–H groups in total. The lowest BCUT2D eigenvalue weighted by molar-refractivity contribution is 0.0995. The van der Waals surface area contributed by atoms with Crippen LogP contribution < -0.4 is 16.4 Å². The Labute approximate surface area is 152 Å². The van der Waals surface area contributed by atoms with Crippen molar-refractivity contribution in [1.82, 2.24) is 15.1 Å². The number of piperidine rings is 1. The Morgan fingerprint density at radius 2 is 2.16 bits per heavy atom. The Bertz CT molecular complexity index is 768. The molecular weight excluding hydrogens is 342 g/mol. The Hall–Kier alpha value is -2.38. The van der Waals surface area contributed by atoms with Gasteiger partial charge in [-0.25, -0.2) is 0 Å². The van der Waals surface area contributed by atoms with Gasteiger partial charge in [0.25, 0.3) is 5.91 Å². The molecule has 1 aromatic carbocycles. The van der Waals surface area contributed by atoms with E-state index in [0.29, 0.717) is 16.9 Å². The van der Waals surface area contributed by atoms with Crippen LogP contribution in [0, 0.1) is 6.92 Å². The molecule has 25 heavy (non-hydrogen) atoms. The van der Waals surface area contributed by atoms with Crippen molar-refractivity contribution in [3.63, 3.8) is 0 Å². The van der Waals surface area contributed by atoms with Crippen LogP contribution in [-0.4, -0.2) is 34.7 Å². The number of carbonyl (C=O) groups is 2. The zero-order chi connectivity index (χ0) is 17.1. The lowest BCUT2D eigenvalue weighted by atomic mass is 10.1. The lowest BCUT2D eigenvalue weighted by Crippen LogP contribution is -2.32. The van der Waals surface area contributed by atoms with Crippen LogP contribution in [0.1, 0.15) is 45.3 Å². The van der Waals surface area contributed by atoms with Crippen LogP contribution in [0.4, 0.5) is 5.69 Å². The topological polar surface area (TPSA) is 102 Å². The van der Waals surface area contributed by atoms with Crippen LogP contribution in [0.2, 0.25) is 0 Å². The molecule has 0 radical (unpaired) electrons. The molecule has 2 heterocycles. The van der Waals surface area contributed by atoms with Crippen molar-refractivity contribution in [2.24, 2.45) is 5.73 Å². The molecule has 2 amide bonds. The minimum Gasteiger partial charge on any atom is -0.366 e. The molecule has 1 aromatic heterocycles. The van der Waals surface area contributed by atoms with Gasteiger partial charge in [0.05, 0.1) is 6.04 Å². The molecule has 7 nitrogen and oxygen atoms in total. The molecule has 1 aliphatic rings. The van der Waals surface area contributed by atoms with Crippen molar-refractivity contribution < 1.29 is 9.59 Å². The molecule has 8 heteroatoms. The molecule has 1 unspecified atom stereocenters. The molecule has 0 spiro atoms. The SMILES string of the molecule is Cc1ccc(C(N)=O)cc1NC(=O)c1ccn(C2CCCNC2)n1.Cl. The van der Waals surface area contributed by atoms with Gasteiger partial charge in [-0.1, -0.05) is 6.07 Å². The number of nitrogens with two attached hydrogens (primary N) is 1. The molecule has 3 rings (SSSR count). The second-order valence-electron chi connectivity index (χ2n) is 6.03. The highest BCUT2D eigenvalue weighted by atomic mass is 35.5. The van der Waals surface area contributed by atoms with Gasteiger partial charge in [0.1, 0.15) is 0 Å². The molecule has 1 atom stereocenters. The second kappa shape index (κ2) is 8.13. The zero-order valence-corrected chi connectivity index (χ0v) is 14.8. The van der Waals surface area contributed by atoms with Crippen molar-refractivity contribution in [1.29, 1.82) is 0 Å². The Morgan fingerprint density at radius 1 is 1.36 bits per heavy atom. The first-order valence-electron chi connectivity index (χ1n) is 8.02. The van der Waals surface area contributed by atoms with Crippen molar-refractivity contribution in [2.75, 3.05) is 18.4 Å². The highest BCUT2D eigenvalue weighted by Gasteiger charge is 2.18. The van der Waals surface area contributed by atoms with Crippen molar-refractivity contribution in [3.05, 3.63) is 47.3 Å². The van der Waals surface area contributed by atoms with Gasteiger partial charge >= 0.3 is 0 Å². The number of hydrogen-bond donors (Lipinski definition) is 3. The standard InChI is InChI=1S/C17H21N5O2.ClH/c1-11-4-5-12(16(18)23)9-15(11)20-17(24)14-6-8-22(21-14)13-3-2-7-19-10-13;/h4-6,8-9,13,19H,2-3,7,10H2,1H3,(H2,18,23)(H,20,24);1H. The average Bonchev–Trinajstić information content (AvgIpc) is 3.07. The molecule has 1 aliphatic heterocycles. The smallest absolute Gasteiger partial charge is 0.276 e. The third-order valence-electron chi connectivity index (χ3n) is 4.26. The quantitative estimate of drug-likeness (QED) is 0.771. The fraction of sp³-hybridized carbons (Fsp3) is 0.353. The van der Waals surface area contributed by atoms with E-state index in [2.05, 4.69) is 15.7 Å². The van der Waals surface area contributed by atoms with E-state index in [1.54, 1.807) is 24.3 Å². The summed E-state index contributed by atoms with van der Waals surface area (Å²) in [5.41, 5.74) is 7.41. The van der Waals surface area contributed by atoms with Gasteiger partial charge < -0.3 is 16.4 Å². The Kier molecular flexibility index (Phi) is 6.17. The molecule has 0 aliphatic carbocycles. The van der Waals surface area contributed by atoms with Crippen molar-refractivity contribution in [3.8, 4) is 0 Å². The third kappa shape index (κ3) is 4.37. The predicted molar refractivity (Wildman–Crippen MR) is 98.3 cm³/mol. The minimum atomic E-state index is -0.528. The summed E-state index contributed by atoms with van der Waals surface area (Å²) in [5.74, 6) is -0.832. The summed E-state index contributed by atoms with van der Waals surface area (Å²) in [6.07, 6.45) is 3.99. The maximum absolute atomic E-state index is 12.4. The number of aromatic nitrogens is 2. The highest BCUT2D eigenvalue weighted by Crippen LogP contribution is 2.19. The number of nitrogens with zero attached hydrogens (tertiary/aromatic N) is 2. The number of carbonyl (C=O) groups excluding carboxylic acids is 2. The lowest BCUT2D eigenvalue weighted by Gasteiger charge is -2.22. The summed E-state index contributed by atoms with van der Waals surface area (Å²) in [6, 6.07) is 6.95. The number of rotatable bonds is 4. The summed E-state index contributed by atoms with van der Waals surface area (Å²) >= 11 is 0. The van der Waals surface area contributed by atoms with E-state index in [0.717, 1.165) is 31.5 Å². The molecule has 1 saturated heterocycles. The largest absolute Gasteiger partial charge is 0.366 e. The van der Waals surface area contributed by atoms with Gasteiger partial charge in [0.2, 0.25) is 5.91 Å². The zero-order valence-electron chi connectivity index (χ0n) is 14.0. The number of anilines is 1. The minimum absolute atomic E-state index is 0. The Morgan fingerprint density at radius 3 is 2.84 bits per heavy atom. The van der Waals surface area contributed by atoms with Crippen LogP contribution >= 0.6 is 12.4 Å². The predicted octanol–water partition coefficient (Wildman–Crippen LogP) is 1.89. The first kappa shape index (κ1) is 19.0. The number of benzene rings is 1. The van der Waals surface area contributed by atoms with Gasteiger partial charge in [0, 0.05) is 24.0 Å². The number of halogens is 1. The van der Waals surface area contributed by atoms with E-state index in [-0.39, 0.29) is 24.4 Å². The summed E-state index contributed by atoms with van der Waals surface area (Å²) in [4.78, 5) is 23.7. The fourth-order valence-corrected chi connectivity index (χ4v) is 2.82. The van der Waals surface area contributed by atoms with Gasteiger partial charge in [0.15, 0.2) is 5.69 Å². The number of hydrogen-bond acceptors (Lipinski definition) is 4. The molecule has 1 fully saturated rings. The number of amides is 2. The Balaban J connectivity index is 0.00000225. The third-order valence-corrected chi connectivity index (χ3v) is 4.26. The number of aryl methyl sites for hydroxylation is 1. The maximum atomic E-state index is 12.4. The highest BCUT2D eigenvalue weighted by molar-refractivity contribution is 6.04. The van der Waals surface area contributed by atoms with E-state index < -0.39 is 5.91 Å². The monoisotopic (exact) mass is 363 g/mol. The van der Waals surface area contributed by atoms with Gasteiger partial charge in [-0.05, 0) is 50.1 Å². The van der Waals surface area contributed by atoms with E-state index in [1.807, 2.05) is 17.8 Å². The molecule has 134 valence electrons. The van der Waals surface area contributed by atoms with Crippen LogP contribution in [0.3, 0.4) is 0 Å².